The zero-order chi connectivity index (χ0) is 12.4. The van der Waals surface area contributed by atoms with Crippen molar-refractivity contribution in [3.05, 3.63) is 22.6 Å². The maximum atomic E-state index is 5.87. The van der Waals surface area contributed by atoms with Crippen LogP contribution in [-0.4, -0.2) is 19.5 Å². The van der Waals surface area contributed by atoms with Crippen molar-refractivity contribution in [2.24, 2.45) is 7.05 Å². The monoisotopic (exact) mass is 295 g/mol. The number of anilines is 1. The van der Waals surface area contributed by atoms with Crippen LogP contribution in [0.4, 0.5) is 5.82 Å². The summed E-state index contributed by atoms with van der Waals surface area (Å²) in [4.78, 5) is 13.0. The van der Waals surface area contributed by atoms with Crippen LogP contribution < -0.4 is 5.73 Å². The molecule has 2 heterocycles. The smallest absolute Gasteiger partial charge is 0.198 e. The van der Waals surface area contributed by atoms with Crippen molar-refractivity contribution in [2.45, 2.75) is 19.8 Å². The fourth-order valence-electron chi connectivity index (χ4n) is 1.60. The van der Waals surface area contributed by atoms with Crippen LogP contribution in [0.25, 0.3) is 11.6 Å². The Bertz CT molecular complexity index is 535. The highest BCUT2D eigenvalue weighted by atomic mass is 79.9. The Kier molecular flexibility index (Phi) is 3.42. The second-order valence-corrected chi connectivity index (χ2v) is 4.60. The van der Waals surface area contributed by atoms with Crippen LogP contribution in [0.3, 0.4) is 0 Å². The van der Waals surface area contributed by atoms with E-state index >= 15 is 0 Å². The molecule has 2 N–H and O–H groups in total. The molecule has 2 aromatic heterocycles. The van der Waals surface area contributed by atoms with Gasteiger partial charge in [0, 0.05) is 19.4 Å². The van der Waals surface area contributed by atoms with Gasteiger partial charge in [-0.25, -0.2) is 15.0 Å². The molecule has 90 valence electrons. The van der Waals surface area contributed by atoms with E-state index in [1.165, 1.54) is 0 Å². The first-order chi connectivity index (χ1) is 8.13. The van der Waals surface area contributed by atoms with Gasteiger partial charge in [-0.1, -0.05) is 13.3 Å². The van der Waals surface area contributed by atoms with Crippen LogP contribution in [0.2, 0.25) is 0 Å². The number of hydrogen-bond donors (Lipinski definition) is 1. The van der Waals surface area contributed by atoms with Gasteiger partial charge < -0.3 is 10.3 Å². The van der Waals surface area contributed by atoms with E-state index in [0.29, 0.717) is 11.6 Å². The maximum Gasteiger partial charge on any atom is 0.198 e. The first-order valence-corrected chi connectivity index (χ1v) is 6.22. The normalized spacial score (nSPS) is 10.8. The molecule has 0 aromatic carbocycles. The summed E-state index contributed by atoms with van der Waals surface area (Å²) in [6, 6.07) is 0. The third kappa shape index (κ3) is 2.31. The molecule has 6 heteroatoms. The average Bonchev–Trinajstić information content (AvgIpc) is 2.71. The Morgan fingerprint density at radius 3 is 2.76 bits per heavy atom. The number of hydrogen-bond acceptors (Lipinski definition) is 4. The van der Waals surface area contributed by atoms with E-state index in [-0.39, 0.29) is 0 Å². The molecule has 0 amide bonds. The highest BCUT2D eigenvalue weighted by molar-refractivity contribution is 9.10. The second-order valence-electron chi connectivity index (χ2n) is 3.80. The van der Waals surface area contributed by atoms with Crippen LogP contribution >= 0.6 is 15.9 Å². The van der Waals surface area contributed by atoms with Crippen LogP contribution in [0.1, 0.15) is 19.0 Å². The lowest BCUT2D eigenvalue weighted by atomic mass is 10.2. The largest absolute Gasteiger partial charge is 0.383 e. The SMILES string of the molecule is CCCc1nc(-c2nccn2C)nc(N)c1Br. The van der Waals surface area contributed by atoms with Gasteiger partial charge in [0.25, 0.3) is 0 Å². The molecule has 0 saturated heterocycles. The van der Waals surface area contributed by atoms with Gasteiger partial charge in [-0.05, 0) is 22.4 Å². The number of halogens is 1. The molecule has 2 rings (SSSR count). The van der Waals surface area contributed by atoms with Crippen molar-refractivity contribution in [3.63, 3.8) is 0 Å². The average molecular weight is 296 g/mol. The number of rotatable bonds is 3. The number of aryl methyl sites for hydroxylation is 2. The van der Waals surface area contributed by atoms with Gasteiger partial charge in [-0.2, -0.15) is 0 Å². The summed E-state index contributed by atoms with van der Waals surface area (Å²) in [6.45, 7) is 2.10. The van der Waals surface area contributed by atoms with Crippen LogP contribution in [0.5, 0.6) is 0 Å². The first kappa shape index (κ1) is 12.0. The molecule has 0 radical (unpaired) electrons. The summed E-state index contributed by atoms with van der Waals surface area (Å²) < 4.78 is 2.66. The van der Waals surface area contributed by atoms with Crippen LogP contribution in [-0.2, 0) is 13.5 Å². The van der Waals surface area contributed by atoms with Crippen molar-refractivity contribution in [1.82, 2.24) is 19.5 Å². The summed E-state index contributed by atoms with van der Waals surface area (Å²) in [6.07, 6.45) is 5.45. The number of nitrogen functional groups attached to an aromatic ring is 1. The predicted molar refractivity (Wildman–Crippen MR) is 70.3 cm³/mol. The maximum absolute atomic E-state index is 5.87. The Morgan fingerprint density at radius 2 is 2.18 bits per heavy atom. The molecule has 0 aliphatic carbocycles. The van der Waals surface area contributed by atoms with E-state index in [1.54, 1.807) is 6.20 Å². The molecule has 0 unspecified atom stereocenters. The van der Waals surface area contributed by atoms with Crippen molar-refractivity contribution in [3.8, 4) is 11.6 Å². The zero-order valence-corrected chi connectivity index (χ0v) is 11.4. The van der Waals surface area contributed by atoms with E-state index in [4.69, 9.17) is 5.73 Å². The number of imidazole rings is 1. The molecule has 0 aliphatic rings. The van der Waals surface area contributed by atoms with Gasteiger partial charge >= 0.3 is 0 Å². The third-order valence-corrected chi connectivity index (χ3v) is 3.32. The van der Waals surface area contributed by atoms with Gasteiger partial charge in [0.2, 0.25) is 0 Å². The van der Waals surface area contributed by atoms with Crippen LogP contribution in [0.15, 0.2) is 16.9 Å². The quantitative estimate of drug-likeness (QED) is 0.942. The van der Waals surface area contributed by atoms with Gasteiger partial charge in [-0.15, -0.1) is 0 Å². The minimum absolute atomic E-state index is 0.460. The molecule has 2 aromatic rings. The molecule has 0 aliphatic heterocycles. The summed E-state index contributed by atoms with van der Waals surface area (Å²) >= 11 is 3.42. The first-order valence-electron chi connectivity index (χ1n) is 5.43. The van der Waals surface area contributed by atoms with E-state index in [2.05, 4.69) is 37.8 Å². The van der Waals surface area contributed by atoms with Crippen LogP contribution in [0, 0.1) is 0 Å². The van der Waals surface area contributed by atoms with Gasteiger partial charge in [0.1, 0.15) is 5.82 Å². The molecular formula is C11H14BrN5. The molecule has 0 bridgehead atoms. The second kappa shape index (κ2) is 4.83. The Hall–Kier alpha value is -1.43. The fraction of sp³-hybridized carbons (Fsp3) is 0.364. The lowest BCUT2D eigenvalue weighted by Crippen LogP contribution is -2.05. The molecule has 0 spiro atoms. The molecule has 0 atom stereocenters. The highest BCUT2D eigenvalue weighted by Crippen LogP contribution is 2.25. The molecule has 0 fully saturated rings. The number of nitrogens with zero attached hydrogens (tertiary/aromatic N) is 4. The van der Waals surface area contributed by atoms with Gasteiger partial charge in [0.05, 0.1) is 10.2 Å². The van der Waals surface area contributed by atoms with Crippen molar-refractivity contribution in [1.29, 1.82) is 0 Å². The number of nitrogens with two attached hydrogens (primary N) is 1. The molecule has 17 heavy (non-hydrogen) atoms. The topological polar surface area (TPSA) is 69.6 Å². The minimum atomic E-state index is 0.460. The molecular weight excluding hydrogens is 282 g/mol. The third-order valence-electron chi connectivity index (χ3n) is 2.45. The van der Waals surface area contributed by atoms with Gasteiger partial charge in [-0.3, -0.25) is 0 Å². The van der Waals surface area contributed by atoms with E-state index in [0.717, 1.165) is 28.8 Å². The summed E-state index contributed by atoms with van der Waals surface area (Å²) in [5, 5.41) is 0. The highest BCUT2D eigenvalue weighted by Gasteiger charge is 2.13. The van der Waals surface area contributed by atoms with Crippen molar-refractivity contribution < 1.29 is 0 Å². The molecule has 0 saturated carbocycles. The number of aromatic nitrogens is 4. The lowest BCUT2D eigenvalue weighted by Gasteiger charge is -2.08. The minimum Gasteiger partial charge on any atom is -0.383 e. The zero-order valence-electron chi connectivity index (χ0n) is 9.81. The van der Waals surface area contributed by atoms with E-state index in [9.17, 15) is 0 Å². The summed E-state index contributed by atoms with van der Waals surface area (Å²) in [7, 11) is 1.91. The van der Waals surface area contributed by atoms with Crippen molar-refractivity contribution in [2.75, 3.05) is 5.73 Å². The van der Waals surface area contributed by atoms with E-state index < -0.39 is 0 Å². The Labute approximate surface area is 108 Å². The standard InChI is InChI=1S/C11H14BrN5/c1-3-4-7-8(12)9(13)16-10(15-7)11-14-5-6-17(11)2/h5-6H,3-4H2,1-2H3,(H2,13,15,16). The Morgan fingerprint density at radius 1 is 1.41 bits per heavy atom. The predicted octanol–water partition coefficient (Wildman–Crippen LogP) is 2.17. The Balaban J connectivity index is 2.53. The van der Waals surface area contributed by atoms with E-state index in [1.807, 2.05) is 17.8 Å². The molecule has 5 nitrogen and oxygen atoms in total. The summed E-state index contributed by atoms with van der Waals surface area (Å²) in [5.74, 6) is 1.75. The fourth-order valence-corrected chi connectivity index (χ4v) is 1.97. The lowest BCUT2D eigenvalue weighted by molar-refractivity contribution is 0.854. The van der Waals surface area contributed by atoms with Crippen molar-refractivity contribution >= 4 is 21.7 Å². The van der Waals surface area contributed by atoms with Gasteiger partial charge in [0.15, 0.2) is 11.6 Å². The summed E-state index contributed by atoms with van der Waals surface area (Å²) in [5.41, 5.74) is 6.80.